The van der Waals surface area contributed by atoms with E-state index in [2.05, 4.69) is 5.32 Å². The Labute approximate surface area is 119 Å². The van der Waals surface area contributed by atoms with Gasteiger partial charge in [0, 0.05) is 12.0 Å². The predicted molar refractivity (Wildman–Crippen MR) is 77.7 cm³/mol. The van der Waals surface area contributed by atoms with Gasteiger partial charge < -0.3 is 20.9 Å². The third kappa shape index (κ3) is 2.88. The number of para-hydroxylation sites is 1. The van der Waals surface area contributed by atoms with Gasteiger partial charge in [0.15, 0.2) is 5.75 Å². The van der Waals surface area contributed by atoms with Crippen LogP contribution in [0.5, 0.6) is 5.75 Å². The number of rotatable bonds is 5. The molecule has 1 fully saturated rings. The van der Waals surface area contributed by atoms with Crippen LogP contribution < -0.4 is 15.8 Å². The first-order valence-electron chi connectivity index (χ1n) is 6.93. The van der Waals surface area contributed by atoms with Crippen molar-refractivity contribution in [1.29, 1.82) is 0 Å². The molecule has 2 rings (SSSR count). The Morgan fingerprint density at radius 3 is 2.75 bits per heavy atom. The van der Waals surface area contributed by atoms with E-state index >= 15 is 0 Å². The molecule has 1 aliphatic carbocycles. The Morgan fingerprint density at radius 1 is 1.45 bits per heavy atom. The van der Waals surface area contributed by atoms with E-state index in [1.54, 1.807) is 18.2 Å². The molecule has 0 aliphatic heterocycles. The fourth-order valence-corrected chi connectivity index (χ4v) is 2.84. The van der Waals surface area contributed by atoms with E-state index < -0.39 is 0 Å². The molecule has 20 heavy (non-hydrogen) atoms. The second kappa shape index (κ2) is 6.13. The first-order valence-corrected chi connectivity index (χ1v) is 6.93. The Kier molecular flexibility index (Phi) is 4.49. The highest BCUT2D eigenvalue weighted by molar-refractivity contribution is 5.98. The van der Waals surface area contributed by atoms with Gasteiger partial charge in [-0.1, -0.05) is 18.9 Å². The van der Waals surface area contributed by atoms with E-state index in [1.807, 2.05) is 0 Å². The largest absolute Gasteiger partial charge is 0.494 e. The number of methoxy groups -OCH3 is 1. The molecule has 1 amide bonds. The number of nitrogen functional groups attached to an aromatic ring is 1. The lowest BCUT2D eigenvalue weighted by Crippen LogP contribution is -2.38. The molecular weight excluding hydrogens is 256 g/mol. The zero-order valence-corrected chi connectivity index (χ0v) is 11.8. The Balaban J connectivity index is 2.07. The minimum absolute atomic E-state index is 0.112. The summed E-state index contributed by atoms with van der Waals surface area (Å²) in [6.45, 7) is 0.599. The van der Waals surface area contributed by atoms with Crippen molar-refractivity contribution in [2.45, 2.75) is 25.7 Å². The standard InChI is InChI=1S/C15H22N2O3/c1-20-13-11(5-4-6-12(13)16)14(19)17-9-15(10-18)7-2-3-8-15/h4-6,18H,2-3,7-10,16H2,1H3,(H,17,19). The fraction of sp³-hybridized carbons (Fsp3) is 0.533. The van der Waals surface area contributed by atoms with Gasteiger partial charge in [0.05, 0.1) is 25.0 Å². The van der Waals surface area contributed by atoms with Crippen molar-refractivity contribution in [3.05, 3.63) is 23.8 Å². The quantitative estimate of drug-likeness (QED) is 0.714. The molecule has 0 bridgehead atoms. The third-order valence-electron chi connectivity index (χ3n) is 4.12. The summed E-state index contributed by atoms with van der Waals surface area (Å²) in [4.78, 5) is 12.3. The van der Waals surface area contributed by atoms with Crippen LogP contribution in [0.25, 0.3) is 0 Å². The molecular formula is C15H22N2O3. The van der Waals surface area contributed by atoms with E-state index in [0.717, 1.165) is 25.7 Å². The molecule has 0 aromatic heterocycles. The van der Waals surface area contributed by atoms with Gasteiger partial charge in [-0.3, -0.25) is 4.79 Å². The van der Waals surface area contributed by atoms with Crippen LogP contribution in [0.2, 0.25) is 0 Å². The molecule has 0 radical (unpaired) electrons. The van der Waals surface area contributed by atoms with Crippen molar-refractivity contribution < 1.29 is 14.6 Å². The summed E-state index contributed by atoms with van der Waals surface area (Å²) >= 11 is 0. The second-order valence-electron chi connectivity index (χ2n) is 5.48. The lowest BCUT2D eigenvalue weighted by Gasteiger charge is -2.26. The van der Waals surface area contributed by atoms with Crippen LogP contribution in [-0.4, -0.2) is 31.3 Å². The average molecular weight is 278 g/mol. The molecule has 5 heteroatoms. The third-order valence-corrected chi connectivity index (χ3v) is 4.12. The highest BCUT2D eigenvalue weighted by Crippen LogP contribution is 2.37. The van der Waals surface area contributed by atoms with Gasteiger partial charge in [-0.25, -0.2) is 0 Å². The maximum atomic E-state index is 12.3. The number of nitrogens with one attached hydrogen (secondary N) is 1. The van der Waals surface area contributed by atoms with Gasteiger partial charge in [-0.2, -0.15) is 0 Å². The number of ether oxygens (including phenoxy) is 1. The highest BCUT2D eigenvalue weighted by Gasteiger charge is 2.33. The van der Waals surface area contributed by atoms with E-state index in [0.29, 0.717) is 23.5 Å². The van der Waals surface area contributed by atoms with Crippen molar-refractivity contribution in [2.24, 2.45) is 5.41 Å². The van der Waals surface area contributed by atoms with Crippen molar-refractivity contribution >= 4 is 11.6 Å². The number of aliphatic hydroxyl groups is 1. The number of amides is 1. The number of anilines is 1. The monoisotopic (exact) mass is 278 g/mol. The van der Waals surface area contributed by atoms with Gasteiger partial charge in [0.25, 0.3) is 5.91 Å². The fourth-order valence-electron chi connectivity index (χ4n) is 2.84. The van der Waals surface area contributed by atoms with Crippen LogP contribution in [-0.2, 0) is 0 Å². The molecule has 110 valence electrons. The number of benzene rings is 1. The molecule has 4 N–H and O–H groups in total. The van der Waals surface area contributed by atoms with Crippen LogP contribution >= 0.6 is 0 Å². The normalized spacial score (nSPS) is 16.9. The highest BCUT2D eigenvalue weighted by atomic mass is 16.5. The van der Waals surface area contributed by atoms with Crippen LogP contribution in [0.4, 0.5) is 5.69 Å². The molecule has 1 aromatic carbocycles. The molecule has 1 aromatic rings. The number of aliphatic hydroxyl groups excluding tert-OH is 1. The van der Waals surface area contributed by atoms with Crippen molar-refractivity contribution in [3.8, 4) is 5.75 Å². The van der Waals surface area contributed by atoms with E-state index in [1.165, 1.54) is 7.11 Å². The first-order chi connectivity index (χ1) is 9.62. The topological polar surface area (TPSA) is 84.6 Å². The lowest BCUT2D eigenvalue weighted by atomic mass is 9.87. The van der Waals surface area contributed by atoms with Crippen LogP contribution in [0.3, 0.4) is 0 Å². The molecule has 1 saturated carbocycles. The Morgan fingerprint density at radius 2 is 2.15 bits per heavy atom. The summed E-state index contributed by atoms with van der Waals surface area (Å²) in [6, 6.07) is 5.11. The van der Waals surface area contributed by atoms with Crippen molar-refractivity contribution in [1.82, 2.24) is 5.32 Å². The number of carbonyl (C=O) groups excluding carboxylic acids is 1. The van der Waals surface area contributed by atoms with Crippen molar-refractivity contribution in [2.75, 3.05) is 26.0 Å². The van der Waals surface area contributed by atoms with Gasteiger partial charge in [-0.05, 0) is 25.0 Å². The maximum Gasteiger partial charge on any atom is 0.255 e. The first kappa shape index (κ1) is 14.7. The minimum Gasteiger partial charge on any atom is -0.494 e. The number of carbonyl (C=O) groups is 1. The van der Waals surface area contributed by atoms with E-state index in [-0.39, 0.29) is 17.9 Å². The zero-order chi connectivity index (χ0) is 14.6. The van der Waals surface area contributed by atoms with E-state index in [9.17, 15) is 9.90 Å². The summed E-state index contributed by atoms with van der Waals surface area (Å²) < 4.78 is 5.19. The summed E-state index contributed by atoms with van der Waals surface area (Å²) in [5.74, 6) is 0.184. The van der Waals surface area contributed by atoms with Gasteiger partial charge in [0.2, 0.25) is 0 Å². The molecule has 0 unspecified atom stereocenters. The molecule has 0 saturated heterocycles. The SMILES string of the molecule is COc1c(N)cccc1C(=O)NCC1(CO)CCCC1. The predicted octanol–water partition coefficient (Wildman–Crippen LogP) is 1.56. The van der Waals surface area contributed by atoms with Crippen LogP contribution in [0, 0.1) is 5.41 Å². The summed E-state index contributed by atoms with van der Waals surface area (Å²) in [7, 11) is 1.49. The van der Waals surface area contributed by atoms with Crippen LogP contribution in [0.1, 0.15) is 36.0 Å². The zero-order valence-electron chi connectivity index (χ0n) is 11.8. The summed E-state index contributed by atoms with van der Waals surface area (Å²) in [6.07, 6.45) is 4.13. The van der Waals surface area contributed by atoms with Gasteiger partial charge >= 0.3 is 0 Å². The maximum absolute atomic E-state index is 12.3. The number of hydrogen-bond donors (Lipinski definition) is 3. The molecule has 5 nitrogen and oxygen atoms in total. The Hall–Kier alpha value is -1.75. The second-order valence-corrected chi connectivity index (χ2v) is 5.48. The number of hydrogen-bond acceptors (Lipinski definition) is 4. The summed E-state index contributed by atoms with van der Waals surface area (Å²) in [5.41, 5.74) is 6.50. The number of nitrogens with two attached hydrogens (primary N) is 1. The van der Waals surface area contributed by atoms with Crippen molar-refractivity contribution in [3.63, 3.8) is 0 Å². The van der Waals surface area contributed by atoms with Gasteiger partial charge in [-0.15, -0.1) is 0 Å². The minimum atomic E-state index is -0.214. The molecule has 0 spiro atoms. The smallest absolute Gasteiger partial charge is 0.255 e. The van der Waals surface area contributed by atoms with Gasteiger partial charge in [0.1, 0.15) is 0 Å². The molecule has 0 atom stereocenters. The molecule has 1 aliphatic rings. The summed E-state index contributed by atoms with van der Waals surface area (Å²) in [5, 5.41) is 12.4. The molecule has 0 heterocycles. The Bertz CT molecular complexity index is 482. The van der Waals surface area contributed by atoms with Crippen LogP contribution in [0.15, 0.2) is 18.2 Å². The lowest BCUT2D eigenvalue weighted by molar-refractivity contribution is 0.0878. The van der Waals surface area contributed by atoms with E-state index in [4.69, 9.17) is 10.5 Å². The average Bonchev–Trinajstić information content (AvgIpc) is 2.94.